The fraction of sp³-hybridized carbons (Fsp3) is 0.400. The average Bonchev–Trinajstić information content (AvgIpc) is 3.14. The van der Waals surface area contributed by atoms with E-state index in [9.17, 15) is 9.90 Å². The summed E-state index contributed by atoms with van der Waals surface area (Å²) in [5.74, 6) is 0.796. The molecule has 3 rings (SSSR count). The van der Waals surface area contributed by atoms with Crippen molar-refractivity contribution in [1.82, 2.24) is 4.98 Å². The molecule has 1 aromatic carbocycles. The van der Waals surface area contributed by atoms with Gasteiger partial charge in [0.1, 0.15) is 5.75 Å². The summed E-state index contributed by atoms with van der Waals surface area (Å²) < 4.78 is 6.01. The minimum Gasteiger partial charge on any atom is -0.490 e. The van der Waals surface area contributed by atoms with E-state index in [4.69, 9.17) is 4.74 Å². The van der Waals surface area contributed by atoms with Crippen LogP contribution in [0.15, 0.2) is 42.7 Å². The van der Waals surface area contributed by atoms with Crippen molar-refractivity contribution in [2.75, 3.05) is 5.32 Å². The number of pyridine rings is 1. The molecule has 132 valence electrons. The minimum atomic E-state index is -0.126. The number of aliphatic hydroxyl groups excluding tert-OH is 1. The molecule has 1 amide bonds. The molecule has 1 heterocycles. The van der Waals surface area contributed by atoms with Gasteiger partial charge in [0.2, 0.25) is 5.91 Å². The molecule has 0 atom stereocenters. The highest BCUT2D eigenvalue weighted by atomic mass is 16.5. The van der Waals surface area contributed by atoms with Crippen molar-refractivity contribution in [2.24, 2.45) is 0 Å². The van der Waals surface area contributed by atoms with Crippen LogP contribution in [-0.2, 0) is 17.8 Å². The number of carbonyl (C=O) groups is 1. The first-order valence-electron chi connectivity index (χ1n) is 8.84. The van der Waals surface area contributed by atoms with Crippen molar-refractivity contribution < 1.29 is 14.6 Å². The molecule has 5 nitrogen and oxygen atoms in total. The van der Waals surface area contributed by atoms with Crippen LogP contribution >= 0.6 is 0 Å². The van der Waals surface area contributed by atoms with Gasteiger partial charge >= 0.3 is 0 Å². The molecule has 0 bridgehead atoms. The lowest BCUT2D eigenvalue weighted by Gasteiger charge is -2.14. The van der Waals surface area contributed by atoms with E-state index in [0.29, 0.717) is 30.2 Å². The van der Waals surface area contributed by atoms with Gasteiger partial charge in [-0.2, -0.15) is 0 Å². The monoisotopic (exact) mass is 340 g/mol. The van der Waals surface area contributed by atoms with E-state index in [0.717, 1.165) is 24.2 Å². The SMILES string of the molecule is O=C(CCc1cccc(OC2CCCC2)c1)Nc1cnccc1CO. The molecule has 2 aromatic rings. The molecule has 1 fully saturated rings. The lowest BCUT2D eigenvalue weighted by molar-refractivity contribution is -0.116. The van der Waals surface area contributed by atoms with E-state index in [2.05, 4.69) is 10.3 Å². The number of rotatable bonds is 7. The molecule has 2 N–H and O–H groups in total. The van der Waals surface area contributed by atoms with Gasteiger partial charge in [0.25, 0.3) is 0 Å². The predicted octanol–water partition coefficient (Wildman–Crippen LogP) is 3.47. The van der Waals surface area contributed by atoms with Crippen LogP contribution in [0.25, 0.3) is 0 Å². The number of aryl methyl sites for hydroxylation is 1. The second-order valence-electron chi connectivity index (χ2n) is 6.41. The first-order chi connectivity index (χ1) is 12.2. The van der Waals surface area contributed by atoms with Crippen LogP contribution in [0.5, 0.6) is 5.75 Å². The van der Waals surface area contributed by atoms with Gasteiger partial charge in [-0.1, -0.05) is 12.1 Å². The van der Waals surface area contributed by atoms with Gasteiger partial charge in [-0.25, -0.2) is 0 Å². The van der Waals surface area contributed by atoms with Crippen LogP contribution in [0.2, 0.25) is 0 Å². The number of ether oxygens (including phenoxy) is 1. The zero-order valence-electron chi connectivity index (χ0n) is 14.3. The molecule has 25 heavy (non-hydrogen) atoms. The number of hydrogen-bond acceptors (Lipinski definition) is 4. The highest BCUT2D eigenvalue weighted by Crippen LogP contribution is 2.25. The highest BCUT2D eigenvalue weighted by Gasteiger charge is 2.16. The van der Waals surface area contributed by atoms with Crippen LogP contribution in [-0.4, -0.2) is 22.1 Å². The van der Waals surface area contributed by atoms with Crippen molar-refractivity contribution in [1.29, 1.82) is 0 Å². The number of benzene rings is 1. The van der Waals surface area contributed by atoms with Gasteiger partial charge in [0.15, 0.2) is 0 Å². The van der Waals surface area contributed by atoms with Gasteiger partial charge in [-0.3, -0.25) is 9.78 Å². The average molecular weight is 340 g/mol. The van der Waals surface area contributed by atoms with Crippen LogP contribution in [0, 0.1) is 0 Å². The lowest BCUT2D eigenvalue weighted by Crippen LogP contribution is -2.14. The van der Waals surface area contributed by atoms with Gasteiger partial charge in [-0.05, 0) is 55.9 Å². The number of carbonyl (C=O) groups excluding carboxylic acids is 1. The summed E-state index contributed by atoms with van der Waals surface area (Å²) in [6.07, 6.45) is 9.24. The summed E-state index contributed by atoms with van der Waals surface area (Å²) in [5, 5.41) is 12.1. The van der Waals surface area contributed by atoms with Gasteiger partial charge < -0.3 is 15.2 Å². The molecule has 0 spiro atoms. The summed E-state index contributed by atoms with van der Waals surface area (Å²) in [5.41, 5.74) is 2.31. The zero-order chi connectivity index (χ0) is 17.5. The first kappa shape index (κ1) is 17.4. The number of hydrogen-bond donors (Lipinski definition) is 2. The molecule has 1 aliphatic carbocycles. The standard InChI is InChI=1S/C20H24N2O3/c23-14-16-10-11-21-13-19(16)22-20(24)9-8-15-4-3-7-18(12-15)25-17-5-1-2-6-17/h3-4,7,10-13,17,23H,1-2,5-6,8-9,14H2,(H,22,24). The van der Waals surface area contributed by atoms with Crippen LogP contribution in [0.4, 0.5) is 5.69 Å². The van der Waals surface area contributed by atoms with Crippen molar-refractivity contribution in [3.8, 4) is 5.75 Å². The number of nitrogens with zero attached hydrogens (tertiary/aromatic N) is 1. The van der Waals surface area contributed by atoms with Gasteiger partial charge in [0.05, 0.1) is 24.6 Å². The third-order valence-corrected chi connectivity index (χ3v) is 4.50. The Morgan fingerprint density at radius 2 is 2.12 bits per heavy atom. The molecular formula is C20H24N2O3. The molecule has 1 aliphatic rings. The molecule has 1 aromatic heterocycles. The number of nitrogens with one attached hydrogen (secondary N) is 1. The van der Waals surface area contributed by atoms with E-state index < -0.39 is 0 Å². The number of aliphatic hydroxyl groups is 1. The first-order valence-corrected chi connectivity index (χ1v) is 8.84. The van der Waals surface area contributed by atoms with Gasteiger partial charge in [0, 0.05) is 18.2 Å². The van der Waals surface area contributed by atoms with Gasteiger partial charge in [-0.15, -0.1) is 0 Å². The molecular weight excluding hydrogens is 316 g/mol. The predicted molar refractivity (Wildman–Crippen MR) is 96.4 cm³/mol. The van der Waals surface area contributed by atoms with Crippen LogP contribution in [0.3, 0.4) is 0 Å². The van der Waals surface area contributed by atoms with Crippen molar-refractivity contribution >= 4 is 11.6 Å². The minimum absolute atomic E-state index is 0.0928. The van der Waals surface area contributed by atoms with E-state index in [1.807, 2.05) is 24.3 Å². The highest BCUT2D eigenvalue weighted by molar-refractivity contribution is 5.91. The molecule has 0 radical (unpaired) electrons. The maximum atomic E-state index is 12.2. The summed E-state index contributed by atoms with van der Waals surface area (Å²) in [4.78, 5) is 16.1. The lowest BCUT2D eigenvalue weighted by atomic mass is 10.1. The summed E-state index contributed by atoms with van der Waals surface area (Å²) in [6.45, 7) is -0.126. The fourth-order valence-corrected chi connectivity index (χ4v) is 3.12. The Kier molecular flexibility index (Phi) is 6.01. The van der Waals surface area contributed by atoms with E-state index in [1.54, 1.807) is 18.5 Å². The van der Waals surface area contributed by atoms with Crippen LogP contribution in [0.1, 0.15) is 43.2 Å². The molecule has 0 saturated heterocycles. The van der Waals surface area contributed by atoms with Crippen molar-refractivity contribution in [3.05, 3.63) is 53.9 Å². The number of anilines is 1. The second-order valence-corrected chi connectivity index (χ2v) is 6.41. The number of amides is 1. The Hall–Kier alpha value is -2.40. The maximum Gasteiger partial charge on any atom is 0.224 e. The quantitative estimate of drug-likeness (QED) is 0.810. The second kappa shape index (κ2) is 8.62. The van der Waals surface area contributed by atoms with E-state index in [1.165, 1.54) is 12.8 Å². The van der Waals surface area contributed by atoms with Crippen molar-refractivity contribution in [2.45, 2.75) is 51.2 Å². The molecule has 1 saturated carbocycles. The Labute approximate surface area is 148 Å². The molecule has 0 unspecified atom stereocenters. The molecule has 0 aliphatic heterocycles. The fourth-order valence-electron chi connectivity index (χ4n) is 3.12. The van der Waals surface area contributed by atoms with Crippen molar-refractivity contribution in [3.63, 3.8) is 0 Å². The zero-order valence-corrected chi connectivity index (χ0v) is 14.3. The third kappa shape index (κ3) is 5.03. The Morgan fingerprint density at radius 3 is 2.92 bits per heavy atom. The Bertz CT molecular complexity index is 712. The molecule has 5 heteroatoms. The summed E-state index contributed by atoms with van der Waals surface area (Å²) in [7, 11) is 0. The summed E-state index contributed by atoms with van der Waals surface area (Å²) in [6, 6.07) is 9.68. The van der Waals surface area contributed by atoms with Crippen LogP contribution < -0.4 is 10.1 Å². The van der Waals surface area contributed by atoms with E-state index in [-0.39, 0.29) is 12.5 Å². The number of aromatic nitrogens is 1. The largest absolute Gasteiger partial charge is 0.490 e. The maximum absolute atomic E-state index is 12.2. The Morgan fingerprint density at radius 1 is 1.28 bits per heavy atom. The summed E-state index contributed by atoms with van der Waals surface area (Å²) >= 11 is 0. The smallest absolute Gasteiger partial charge is 0.224 e. The normalized spacial score (nSPS) is 14.4. The third-order valence-electron chi connectivity index (χ3n) is 4.50. The topological polar surface area (TPSA) is 71.5 Å². The van der Waals surface area contributed by atoms with E-state index >= 15 is 0 Å². The Balaban J connectivity index is 1.53.